The van der Waals surface area contributed by atoms with Gasteiger partial charge in [0.15, 0.2) is 10.2 Å². The molecule has 0 unspecified atom stereocenters. The molecule has 0 spiro atoms. The third kappa shape index (κ3) is 6.10. The fraction of sp³-hybridized carbons (Fsp3) is 0.458. The van der Waals surface area contributed by atoms with Crippen LogP contribution < -0.4 is 10.6 Å². The van der Waals surface area contributed by atoms with Crippen molar-refractivity contribution in [3.63, 3.8) is 0 Å². The number of hydrogen-bond donors (Lipinski definition) is 2. The van der Waals surface area contributed by atoms with Gasteiger partial charge >= 0.3 is 0 Å². The predicted octanol–water partition coefficient (Wildman–Crippen LogP) is 3.83. The Morgan fingerprint density at radius 3 is 2.79 bits per heavy atom. The predicted molar refractivity (Wildman–Crippen MR) is 136 cm³/mol. The molecule has 1 saturated heterocycles. The van der Waals surface area contributed by atoms with Gasteiger partial charge in [-0.25, -0.2) is 4.98 Å². The zero-order chi connectivity index (χ0) is 23.9. The van der Waals surface area contributed by atoms with Gasteiger partial charge in [0.25, 0.3) is 0 Å². The van der Waals surface area contributed by atoms with Crippen LogP contribution in [0.2, 0.25) is 0 Å². The van der Waals surface area contributed by atoms with Crippen molar-refractivity contribution in [1.82, 2.24) is 14.8 Å². The van der Waals surface area contributed by atoms with Crippen molar-refractivity contribution in [3.05, 3.63) is 41.4 Å². The largest absolute Gasteiger partial charge is 0.338 e. The van der Waals surface area contributed by atoms with E-state index in [4.69, 9.17) is 17.5 Å². The number of amides is 2. The van der Waals surface area contributed by atoms with Gasteiger partial charge in [0.2, 0.25) is 11.8 Å². The average Bonchev–Trinajstić information content (AvgIpc) is 3.36. The molecule has 178 valence electrons. The minimum absolute atomic E-state index is 0.107. The molecule has 1 saturated carbocycles. The summed E-state index contributed by atoms with van der Waals surface area (Å²) in [6.07, 6.45) is 8.13. The first-order chi connectivity index (χ1) is 16.5. The van der Waals surface area contributed by atoms with Gasteiger partial charge in [-0.05, 0) is 42.8 Å². The highest BCUT2D eigenvalue weighted by molar-refractivity contribution is 7.80. The maximum atomic E-state index is 13.2. The maximum Gasteiger partial charge on any atom is 0.248 e. The summed E-state index contributed by atoms with van der Waals surface area (Å²) in [7, 11) is 0. The first-order valence-electron chi connectivity index (χ1n) is 11.6. The van der Waals surface area contributed by atoms with Crippen LogP contribution in [0.1, 0.15) is 44.1 Å². The van der Waals surface area contributed by atoms with E-state index in [1.807, 2.05) is 16.3 Å². The second-order valence-corrected chi connectivity index (χ2v) is 9.99. The van der Waals surface area contributed by atoms with Gasteiger partial charge in [-0.15, -0.1) is 11.3 Å². The smallest absolute Gasteiger partial charge is 0.248 e. The van der Waals surface area contributed by atoms with Crippen LogP contribution in [0.5, 0.6) is 0 Å². The van der Waals surface area contributed by atoms with E-state index >= 15 is 0 Å². The van der Waals surface area contributed by atoms with Crippen molar-refractivity contribution < 1.29 is 9.59 Å². The van der Waals surface area contributed by atoms with Crippen molar-refractivity contribution in [2.24, 2.45) is 5.92 Å². The number of nitrogens with one attached hydrogen (secondary N) is 2. The molecule has 1 atom stereocenters. The number of aromatic nitrogens is 1. The Bertz CT molecular complexity index is 1060. The van der Waals surface area contributed by atoms with Gasteiger partial charge in [-0.1, -0.05) is 38.2 Å². The van der Waals surface area contributed by atoms with Crippen LogP contribution in [0.3, 0.4) is 0 Å². The SMILES string of the molecule is N#Cc1cccc(NC(=S)N2CCN([C@@H](CC3CCCCC3)C(=O)Nc3nccs3)C(=O)C2)c1. The van der Waals surface area contributed by atoms with Crippen molar-refractivity contribution in [3.8, 4) is 6.07 Å². The number of hydrogen-bond acceptors (Lipinski definition) is 6. The maximum absolute atomic E-state index is 13.2. The van der Waals surface area contributed by atoms with Crippen LogP contribution in [0.15, 0.2) is 35.8 Å². The van der Waals surface area contributed by atoms with Crippen LogP contribution in [-0.2, 0) is 9.59 Å². The van der Waals surface area contributed by atoms with E-state index in [2.05, 4.69) is 21.7 Å². The second kappa shape index (κ2) is 11.4. The Morgan fingerprint density at radius 2 is 2.09 bits per heavy atom. The van der Waals surface area contributed by atoms with Crippen molar-refractivity contribution in [2.45, 2.75) is 44.6 Å². The minimum Gasteiger partial charge on any atom is -0.338 e. The van der Waals surface area contributed by atoms with Crippen molar-refractivity contribution >= 4 is 51.3 Å². The number of piperazine rings is 1. The van der Waals surface area contributed by atoms with Gasteiger partial charge < -0.3 is 20.4 Å². The number of rotatable bonds is 6. The number of nitriles is 1. The molecule has 1 aliphatic heterocycles. The molecule has 4 rings (SSSR count). The molecule has 2 aromatic rings. The molecule has 1 aromatic carbocycles. The number of anilines is 2. The van der Waals surface area contributed by atoms with Gasteiger partial charge in [0, 0.05) is 30.4 Å². The van der Waals surface area contributed by atoms with Gasteiger partial charge in [-0.3, -0.25) is 9.59 Å². The number of benzene rings is 1. The lowest BCUT2D eigenvalue weighted by atomic mass is 9.84. The Balaban J connectivity index is 1.42. The summed E-state index contributed by atoms with van der Waals surface area (Å²) in [5, 5.41) is 17.9. The van der Waals surface area contributed by atoms with Crippen LogP contribution >= 0.6 is 23.6 Å². The molecule has 2 N–H and O–H groups in total. The highest BCUT2D eigenvalue weighted by Crippen LogP contribution is 2.30. The minimum atomic E-state index is -0.518. The van der Waals surface area contributed by atoms with E-state index in [1.54, 1.807) is 29.3 Å². The summed E-state index contributed by atoms with van der Waals surface area (Å²) in [5.41, 5.74) is 1.24. The molecule has 34 heavy (non-hydrogen) atoms. The third-order valence-electron chi connectivity index (χ3n) is 6.41. The molecular weight excluding hydrogens is 468 g/mol. The third-order valence-corrected chi connectivity index (χ3v) is 7.46. The number of nitrogens with zero attached hydrogens (tertiary/aromatic N) is 4. The van der Waals surface area contributed by atoms with E-state index in [0.717, 1.165) is 12.8 Å². The molecular formula is C24H28N6O2S2. The van der Waals surface area contributed by atoms with Crippen LogP contribution in [0.4, 0.5) is 10.8 Å². The monoisotopic (exact) mass is 496 g/mol. The molecule has 2 fully saturated rings. The van der Waals surface area contributed by atoms with Crippen molar-refractivity contribution in [2.75, 3.05) is 30.3 Å². The van der Waals surface area contributed by atoms with E-state index < -0.39 is 6.04 Å². The van der Waals surface area contributed by atoms with Crippen LogP contribution in [0.25, 0.3) is 0 Å². The summed E-state index contributed by atoms with van der Waals surface area (Å²) < 4.78 is 0. The summed E-state index contributed by atoms with van der Waals surface area (Å²) in [5.74, 6) is 0.161. The van der Waals surface area contributed by atoms with Gasteiger partial charge in [0.1, 0.15) is 6.04 Å². The highest BCUT2D eigenvalue weighted by atomic mass is 32.1. The highest BCUT2D eigenvalue weighted by Gasteiger charge is 2.36. The second-order valence-electron chi connectivity index (χ2n) is 8.71. The Hall–Kier alpha value is -3.03. The lowest BCUT2D eigenvalue weighted by Crippen LogP contribution is -2.59. The number of carbonyl (C=O) groups is 2. The molecule has 8 nitrogen and oxygen atoms in total. The summed E-state index contributed by atoms with van der Waals surface area (Å²) in [6.45, 7) is 1.05. The molecule has 10 heteroatoms. The van der Waals surface area contributed by atoms with Crippen LogP contribution in [0, 0.1) is 17.2 Å². The first kappa shape index (κ1) is 24.1. The lowest BCUT2D eigenvalue weighted by molar-refractivity contribution is -0.142. The zero-order valence-corrected chi connectivity index (χ0v) is 20.5. The topological polar surface area (TPSA) is 101 Å². The molecule has 2 aliphatic rings. The van der Waals surface area contributed by atoms with Gasteiger partial charge in [-0.2, -0.15) is 5.26 Å². The Kier molecular flexibility index (Phi) is 8.08. The van der Waals surface area contributed by atoms with E-state index in [0.29, 0.717) is 46.9 Å². The normalized spacial score (nSPS) is 17.7. The number of thiazole rings is 1. The summed E-state index contributed by atoms with van der Waals surface area (Å²) >= 11 is 6.90. The van der Waals surface area contributed by atoms with Gasteiger partial charge in [0.05, 0.1) is 18.2 Å². The summed E-state index contributed by atoms with van der Waals surface area (Å²) in [6, 6.07) is 8.63. The fourth-order valence-corrected chi connectivity index (χ4v) is 5.45. The standard InChI is InChI=1S/C24H28N6O2S2/c25-15-18-7-4-8-19(13-18)27-24(33)29-10-11-30(21(31)16-29)20(14-17-5-2-1-3-6-17)22(32)28-23-26-9-12-34-23/h4,7-9,12-13,17,20H,1-3,5-6,10-11,14,16H2,(H,27,33)(H,26,28,32)/t20-/m0/s1. The number of carbonyl (C=O) groups excluding carboxylic acids is 2. The molecule has 1 aliphatic carbocycles. The van der Waals surface area contributed by atoms with E-state index in [1.165, 1.54) is 30.6 Å². The van der Waals surface area contributed by atoms with E-state index in [-0.39, 0.29) is 18.4 Å². The molecule has 0 radical (unpaired) electrons. The molecule has 0 bridgehead atoms. The Morgan fingerprint density at radius 1 is 1.26 bits per heavy atom. The average molecular weight is 497 g/mol. The van der Waals surface area contributed by atoms with E-state index in [9.17, 15) is 9.59 Å². The molecule has 2 amide bonds. The van der Waals surface area contributed by atoms with Crippen LogP contribution in [-0.4, -0.2) is 57.4 Å². The zero-order valence-electron chi connectivity index (χ0n) is 18.9. The summed E-state index contributed by atoms with van der Waals surface area (Å²) in [4.78, 5) is 34.1. The van der Waals surface area contributed by atoms with Crippen molar-refractivity contribution in [1.29, 1.82) is 5.26 Å². The lowest BCUT2D eigenvalue weighted by Gasteiger charge is -2.40. The quantitative estimate of drug-likeness (QED) is 0.586. The molecule has 1 aromatic heterocycles. The molecule has 2 heterocycles. The first-order valence-corrected chi connectivity index (χ1v) is 12.9. The fourth-order valence-electron chi connectivity index (χ4n) is 4.65. The Labute approximate surface area is 209 Å². The number of thiocarbonyl (C=S) groups is 1.